The fraction of sp³-hybridized carbons (Fsp3) is 0.158. The van der Waals surface area contributed by atoms with Crippen molar-refractivity contribution in [3.8, 4) is 5.69 Å². The fourth-order valence-corrected chi connectivity index (χ4v) is 2.79. The van der Waals surface area contributed by atoms with Crippen LogP contribution in [0.2, 0.25) is 0 Å². The number of nitrogens with zero attached hydrogens (tertiary/aromatic N) is 9. The lowest BCUT2D eigenvalue weighted by Gasteiger charge is -2.04. The van der Waals surface area contributed by atoms with E-state index in [2.05, 4.69) is 30.1 Å². The molecule has 0 aliphatic rings. The summed E-state index contributed by atoms with van der Waals surface area (Å²) in [6, 6.07) is 15.0. The molecule has 0 fully saturated rings. The summed E-state index contributed by atoms with van der Waals surface area (Å²) < 4.78 is 1.59. The number of hydrogen-bond donors (Lipinski definition) is 0. The van der Waals surface area contributed by atoms with Gasteiger partial charge < -0.3 is 0 Å². The van der Waals surface area contributed by atoms with Gasteiger partial charge in [0.25, 0.3) is 0 Å². The monoisotopic (exact) mass is 371 g/mol. The van der Waals surface area contributed by atoms with Crippen molar-refractivity contribution >= 4 is 17.7 Å². The second kappa shape index (κ2) is 8.55. The Balaban J connectivity index is 1.97. The van der Waals surface area contributed by atoms with Crippen LogP contribution in [-0.2, 0) is 6.54 Å². The lowest BCUT2D eigenvalue weighted by Crippen LogP contribution is -1.95. The number of azide groups is 2. The zero-order valence-electron chi connectivity index (χ0n) is 15.4. The first-order valence-electron chi connectivity index (χ1n) is 8.48. The fourth-order valence-electron chi connectivity index (χ4n) is 2.79. The van der Waals surface area contributed by atoms with Gasteiger partial charge in [-0.1, -0.05) is 47.1 Å². The van der Waals surface area contributed by atoms with E-state index < -0.39 is 0 Å². The van der Waals surface area contributed by atoms with Crippen LogP contribution in [0.4, 0.5) is 11.5 Å². The van der Waals surface area contributed by atoms with Crippen LogP contribution in [-0.4, -0.2) is 16.0 Å². The molecule has 1 heterocycles. The summed E-state index contributed by atoms with van der Waals surface area (Å²) >= 11 is 0. The topological polar surface area (TPSA) is 128 Å². The Hall–Kier alpha value is -4.06. The van der Waals surface area contributed by atoms with Crippen LogP contribution in [0.3, 0.4) is 0 Å². The molecule has 0 amide bonds. The van der Waals surface area contributed by atoms with Gasteiger partial charge in [-0.25, -0.2) is 4.68 Å². The maximum Gasteiger partial charge on any atom is 0.139 e. The largest absolute Gasteiger partial charge is 0.288 e. The van der Waals surface area contributed by atoms with Gasteiger partial charge in [-0.2, -0.15) is 5.10 Å². The summed E-state index contributed by atoms with van der Waals surface area (Å²) in [7, 11) is 0. The van der Waals surface area contributed by atoms with Gasteiger partial charge in [0.2, 0.25) is 0 Å². The molecule has 9 heteroatoms. The highest BCUT2D eigenvalue weighted by atomic mass is 15.4. The molecule has 0 radical (unpaired) electrons. The molecule has 0 atom stereocenters. The molecule has 3 rings (SSSR count). The molecule has 0 N–H and O–H groups in total. The van der Waals surface area contributed by atoms with Crippen LogP contribution in [0.25, 0.3) is 26.6 Å². The molecule has 0 unspecified atom stereocenters. The van der Waals surface area contributed by atoms with Crippen molar-refractivity contribution in [3.05, 3.63) is 91.8 Å². The molecule has 9 nitrogen and oxygen atoms in total. The Labute approximate surface area is 161 Å². The summed E-state index contributed by atoms with van der Waals surface area (Å²) in [5.74, 6) is 0.370. The predicted molar refractivity (Wildman–Crippen MR) is 108 cm³/mol. The summed E-state index contributed by atoms with van der Waals surface area (Å²) in [6.07, 6.45) is 1.63. The molecule has 0 spiro atoms. The molecule has 0 bridgehead atoms. The molecule has 0 saturated heterocycles. The zero-order chi connectivity index (χ0) is 19.9. The number of aliphatic imine (C=N–C) groups is 1. The quantitative estimate of drug-likeness (QED) is 0.224. The number of benzene rings is 2. The molecule has 0 saturated carbocycles. The first kappa shape index (κ1) is 18.7. The third-order valence-electron chi connectivity index (χ3n) is 4.09. The Morgan fingerprint density at radius 2 is 1.79 bits per heavy atom. The molecule has 2 aromatic carbocycles. The summed E-state index contributed by atoms with van der Waals surface area (Å²) in [5.41, 5.74) is 22.2. The van der Waals surface area contributed by atoms with Crippen molar-refractivity contribution < 1.29 is 0 Å². The van der Waals surface area contributed by atoms with E-state index in [1.807, 2.05) is 56.3 Å². The number of rotatable bonds is 6. The van der Waals surface area contributed by atoms with Crippen molar-refractivity contribution in [1.82, 2.24) is 9.78 Å². The van der Waals surface area contributed by atoms with Crippen LogP contribution in [0, 0.1) is 13.8 Å². The molecule has 0 aliphatic carbocycles. The second-order valence-corrected chi connectivity index (χ2v) is 6.05. The van der Waals surface area contributed by atoms with Gasteiger partial charge in [0.15, 0.2) is 0 Å². The lowest BCUT2D eigenvalue weighted by atomic mass is 10.1. The van der Waals surface area contributed by atoms with Crippen LogP contribution in [0.15, 0.2) is 63.8 Å². The average Bonchev–Trinajstić information content (AvgIpc) is 3.01. The first-order chi connectivity index (χ1) is 13.6. The normalized spacial score (nSPS) is 10.5. The average molecular weight is 371 g/mol. The molecular weight excluding hydrogens is 354 g/mol. The van der Waals surface area contributed by atoms with Crippen molar-refractivity contribution in [2.45, 2.75) is 20.4 Å². The predicted octanol–water partition coefficient (Wildman–Crippen LogP) is 5.99. The summed E-state index contributed by atoms with van der Waals surface area (Å²) in [6.45, 7) is 4.11. The van der Waals surface area contributed by atoms with Crippen LogP contribution in [0.1, 0.15) is 22.4 Å². The van der Waals surface area contributed by atoms with Crippen molar-refractivity contribution in [2.75, 3.05) is 0 Å². The summed E-state index contributed by atoms with van der Waals surface area (Å²) in [4.78, 5) is 10.2. The van der Waals surface area contributed by atoms with E-state index in [1.165, 1.54) is 0 Å². The number of para-hydroxylation sites is 1. The van der Waals surface area contributed by atoms with Crippen LogP contribution in [0.5, 0.6) is 0 Å². The minimum Gasteiger partial charge on any atom is -0.288 e. The smallest absolute Gasteiger partial charge is 0.139 e. The maximum atomic E-state index is 8.98. The first-order valence-corrected chi connectivity index (χ1v) is 8.48. The number of aromatic nitrogens is 2. The van der Waals surface area contributed by atoms with E-state index >= 15 is 0 Å². The van der Waals surface area contributed by atoms with Gasteiger partial charge in [-0.15, -0.1) is 0 Å². The van der Waals surface area contributed by atoms with Gasteiger partial charge >= 0.3 is 0 Å². The molecule has 3 aromatic rings. The van der Waals surface area contributed by atoms with Gasteiger partial charge in [0, 0.05) is 27.3 Å². The second-order valence-electron chi connectivity index (χ2n) is 6.05. The van der Waals surface area contributed by atoms with Gasteiger partial charge in [0.05, 0.1) is 17.9 Å². The SMILES string of the molecule is Cc1ccc(N=[N+]=[N-])c(CN=Cc2c(C)nn(-c3ccccc3)c2N=[N+]=[N-])c1. The molecule has 28 heavy (non-hydrogen) atoms. The Morgan fingerprint density at radius 3 is 2.50 bits per heavy atom. The van der Waals surface area contributed by atoms with E-state index in [9.17, 15) is 0 Å². The Morgan fingerprint density at radius 1 is 1.04 bits per heavy atom. The van der Waals surface area contributed by atoms with Crippen molar-refractivity contribution in [1.29, 1.82) is 0 Å². The van der Waals surface area contributed by atoms with E-state index in [-0.39, 0.29) is 0 Å². The third kappa shape index (κ3) is 4.02. The minimum atomic E-state index is 0.321. The zero-order valence-corrected chi connectivity index (χ0v) is 15.4. The highest BCUT2D eigenvalue weighted by molar-refractivity contribution is 5.87. The summed E-state index contributed by atoms with van der Waals surface area (Å²) in [5, 5.41) is 12.0. The molecule has 1 aromatic heterocycles. The van der Waals surface area contributed by atoms with Crippen LogP contribution < -0.4 is 0 Å². The lowest BCUT2D eigenvalue weighted by molar-refractivity contribution is 0.861. The van der Waals surface area contributed by atoms with Crippen molar-refractivity contribution in [2.24, 2.45) is 15.2 Å². The highest BCUT2D eigenvalue weighted by Crippen LogP contribution is 2.26. The Kier molecular flexibility index (Phi) is 5.72. The Bertz CT molecular complexity index is 1120. The number of aryl methyl sites for hydroxylation is 2. The van der Waals surface area contributed by atoms with Crippen LogP contribution >= 0.6 is 0 Å². The van der Waals surface area contributed by atoms with Gasteiger partial charge in [0.1, 0.15) is 5.82 Å². The highest BCUT2D eigenvalue weighted by Gasteiger charge is 2.13. The molecule has 0 aliphatic heterocycles. The number of hydrogen-bond acceptors (Lipinski definition) is 4. The third-order valence-corrected chi connectivity index (χ3v) is 4.09. The van der Waals surface area contributed by atoms with E-state index in [1.54, 1.807) is 17.0 Å². The van der Waals surface area contributed by atoms with E-state index in [4.69, 9.17) is 11.1 Å². The molecule has 138 valence electrons. The standard InChI is InChI=1S/C19H17N9/c1-13-8-9-18(23-26-20)15(10-13)11-22-12-17-14(2)25-28(19(17)24-27-21)16-6-4-3-5-7-16/h3-10,12H,11H2,1-2H3. The van der Waals surface area contributed by atoms with Gasteiger partial charge in [-0.3, -0.25) is 4.99 Å². The molecular formula is C19H17N9. The van der Waals surface area contributed by atoms with E-state index in [0.29, 0.717) is 29.3 Å². The maximum absolute atomic E-state index is 8.98. The minimum absolute atomic E-state index is 0.321. The van der Waals surface area contributed by atoms with Crippen molar-refractivity contribution in [3.63, 3.8) is 0 Å². The van der Waals surface area contributed by atoms with Gasteiger partial charge in [-0.05, 0) is 47.7 Å². The van der Waals surface area contributed by atoms with E-state index in [0.717, 1.165) is 16.8 Å².